The molecule has 2 rings (SSSR count). The van der Waals surface area contributed by atoms with Gasteiger partial charge in [-0.05, 0) is 18.1 Å². The molecule has 0 fully saturated rings. The standard InChI is InChI=1S/C13H14N2O3/c1-9-6-15(13(18)14-12(9)17)7-10-4-2-3-5-11(10)8-16/h2-6,16H,7-8H2,1H3,(H,14,17,18). The minimum Gasteiger partial charge on any atom is -0.392 e. The molecule has 5 nitrogen and oxygen atoms in total. The van der Waals surface area contributed by atoms with Crippen LogP contribution >= 0.6 is 0 Å². The molecule has 0 saturated carbocycles. The average molecular weight is 246 g/mol. The van der Waals surface area contributed by atoms with Crippen molar-refractivity contribution in [2.75, 3.05) is 0 Å². The van der Waals surface area contributed by atoms with E-state index in [1.54, 1.807) is 13.0 Å². The fourth-order valence-corrected chi connectivity index (χ4v) is 1.79. The van der Waals surface area contributed by atoms with Crippen LogP contribution in [0.3, 0.4) is 0 Å². The molecule has 1 aromatic heterocycles. The minimum atomic E-state index is -0.446. The van der Waals surface area contributed by atoms with Gasteiger partial charge >= 0.3 is 5.69 Å². The molecule has 0 aliphatic heterocycles. The van der Waals surface area contributed by atoms with Crippen molar-refractivity contribution < 1.29 is 5.11 Å². The third kappa shape index (κ3) is 2.41. The lowest BCUT2D eigenvalue weighted by atomic mass is 10.1. The van der Waals surface area contributed by atoms with Crippen LogP contribution in [0.25, 0.3) is 0 Å². The first-order valence-corrected chi connectivity index (χ1v) is 5.60. The highest BCUT2D eigenvalue weighted by atomic mass is 16.3. The second-order valence-electron chi connectivity index (χ2n) is 4.13. The summed E-state index contributed by atoms with van der Waals surface area (Å²) in [5.74, 6) is 0. The third-order valence-corrected chi connectivity index (χ3v) is 2.82. The molecule has 0 amide bonds. The average Bonchev–Trinajstić information content (AvgIpc) is 2.36. The molecule has 0 radical (unpaired) electrons. The molecule has 0 aliphatic rings. The Morgan fingerprint density at radius 1 is 1.22 bits per heavy atom. The summed E-state index contributed by atoms with van der Waals surface area (Å²) >= 11 is 0. The fraction of sp³-hybridized carbons (Fsp3) is 0.231. The van der Waals surface area contributed by atoms with Crippen LogP contribution in [0.15, 0.2) is 40.1 Å². The lowest BCUT2D eigenvalue weighted by Gasteiger charge is -2.09. The zero-order valence-electron chi connectivity index (χ0n) is 10.0. The number of hydrogen-bond acceptors (Lipinski definition) is 3. The summed E-state index contributed by atoms with van der Waals surface area (Å²) in [7, 11) is 0. The predicted molar refractivity (Wildman–Crippen MR) is 67.5 cm³/mol. The Balaban J connectivity index is 2.43. The molecule has 0 saturated heterocycles. The smallest absolute Gasteiger partial charge is 0.328 e. The predicted octanol–water partition coefficient (Wildman–Crippen LogP) is 0.386. The number of benzene rings is 1. The fourth-order valence-electron chi connectivity index (χ4n) is 1.79. The van der Waals surface area contributed by atoms with Crippen LogP contribution in [0, 0.1) is 6.92 Å². The normalized spacial score (nSPS) is 10.6. The molecular formula is C13H14N2O3. The van der Waals surface area contributed by atoms with Crippen LogP contribution in [-0.2, 0) is 13.2 Å². The Hall–Kier alpha value is -2.14. The molecular weight excluding hydrogens is 232 g/mol. The summed E-state index contributed by atoms with van der Waals surface area (Å²) in [6.07, 6.45) is 1.52. The number of aromatic nitrogens is 2. The van der Waals surface area contributed by atoms with Crippen LogP contribution in [-0.4, -0.2) is 14.7 Å². The van der Waals surface area contributed by atoms with Crippen LogP contribution < -0.4 is 11.2 Å². The largest absolute Gasteiger partial charge is 0.392 e. The van der Waals surface area contributed by atoms with E-state index in [2.05, 4.69) is 4.98 Å². The van der Waals surface area contributed by atoms with Crippen molar-refractivity contribution in [1.82, 2.24) is 9.55 Å². The van der Waals surface area contributed by atoms with Crippen LogP contribution in [0.1, 0.15) is 16.7 Å². The van der Waals surface area contributed by atoms with E-state index in [1.165, 1.54) is 10.8 Å². The maximum absolute atomic E-state index is 11.6. The molecule has 5 heteroatoms. The molecule has 0 atom stereocenters. The van der Waals surface area contributed by atoms with Gasteiger partial charge in [0.15, 0.2) is 0 Å². The first-order chi connectivity index (χ1) is 8.61. The van der Waals surface area contributed by atoms with Gasteiger partial charge in [0.1, 0.15) is 0 Å². The Bertz CT molecular complexity index is 670. The van der Waals surface area contributed by atoms with Crippen molar-refractivity contribution in [2.24, 2.45) is 0 Å². The summed E-state index contributed by atoms with van der Waals surface area (Å²) in [5.41, 5.74) is 1.29. The number of aliphatic hydroxyl groups is 1. The van der Waals surface area contributed by atoms with E-state index in [1.807, 2.05) is 18.2 Å². The van der Waals surface area contributed by atoms with Gasteiger partial charge in [-0.3, -0.25) is 14.3 Å². The first kappa shape index (κ1) is 12.3. The van der Waals surface area contributed by atoms with Gasteiger partial charge < -0.3 is 5.11 Å². The SMILES string of the molecule is Cc1cn(Cc2ccccc2CO)c(=O)[nH]c1=O. The highest BCUT2D eigenvalue weighted by Crippen LogP contribution is 2.09. The number of nitrogens with one attached hydrogen (secondary N) is 1. The molecule has 0 spiro atoms. The van der Waals surface area contributed by atoms with E-state index in [-0.39, 0.29) is 12.2 Å². The summed E-state index contributed by atoms with van der Waals surface area (Å²) < 4.78 is 1.42. The maximum Gasteiger partial charge on any atom is 0.328 e. The molecule has 18 heavy (non-hydrogen) atoms. The monoisotopic (exact) mass is 246 g/mol. The molecule has 0 unspecified atom stereocenters. The van der Waals surface area contributed by atoms with E-state index in [9.17, 15) is 14.7 Å². The number of nitrogens with zero attached hydrogens (tertiary/aromatic N) is 1. The van der Waals surface area contributed by atoms with E-state index < -0.39 is 5.69 Å². The third-order valence-electron chi connectivity index (χ3n) is 2.82. The van der Waals surface area contributed by atoms with Crippen molar-refractivity contribution in [3.05, 3.63) is 68.0 Å². The number of aliphatic hydroxyl groups excluding tert-OH is 1. The van der Waals surface area contributed by atoms with Gasteiger partial charge in [0.2, 0.25) is 0 Å². The van der Waals surface area contributed by atoms with Crippen LogP contribution in [0.2, 0.25) is 0 Å². The Morgan fingerprint density at radius 3 is 2.56 bits per heavy atom. The van der Waals surface area contributed by atoms with Gasteiger partial charge in [0.05, 0.1) is 13.2 Å². The molecule has 94 valence electrons. The molecule has 1 aromatic carbocycles. The Kier molecular flexibility index (Phi) is 3.43. The van der Waals surface area contributed by atoms with Gasteiger partial charge in [0.25, 0.3) is 5.56 Å². The number of aromatic amines is 1. The highest BCUT2D eigenvalue weighted by Gasteiger charge is 2.05. The lowest BCUT2D eigenvalue weighted by molar-refractivity contribution is 0.280. The Morgan fingerprint density at radius 2 is 1.89 bits per heavy atom. The zero-order chi connectivity index (χ0) is 13.1. The molecule has 1 heterocycles. The Labute approximate surface area is 103 Å². The first-order valence-electron chi connectivity index (χ1n) is 5.60. The number of H-pyrrole nitrogens is 1. The van der Waals surface area contributed by atoms with Gasteiger partial charge in [-0.2, -0.15) is 0 Å². The van der Waals surface area contributed by atoms with Gasteiger partial charge in [-0.25, -0.2) is 4.79 Å². The van der Waals surface area contributed by atoms with Crippen molar-refractivity contribution in [1.29, 1.82) is 0 Å². The van der Waals surface area contributed by atoms with Gasteiger partial charge in [-0.15, -0.1) is 0 Å². The molecule has 0 bridgehead atoms. The summed E-state index contributed by atoms with van der Waals surface area (Å²) in [6, 6.07) is 7.32. The lowest BCUT2D eigenvalue weighted by Crippen LogP contribution is -2.31. The van der Waals surface area contributed by atoms with E-state index in [0.717, 1.165) is 11.1 Å². The molecule has 2 N–H and O–H groups in total. The molecule has 0 aliphatic carbocycles. The summed E-state index contributed by atoms with van der Waals surface area (Å²) in [5, 5.41) is 9.22. The number of rotatable bonds is 3. The van der Waals surface area contributed by atoms with Crippen LogP contribution in [0.4, 0.5) is 0 Å². The maximum atomic E-state index is 11.6. The van der Waals surface area contributed by atoms with Crippen LogP contribution in [0.5, 0.6) is 0 Å². The summed E-state index contributed by atoms with van der Waals surface area (Å²) in [6.45, 7) is 1.90. The van der Waals surface area contributed by atoms with Crippen molar-refractivity contribution in [3.63, 3.8) is 0 Å². The number of aryl methyl sites for hydroxylation is 1. The van der Waals surface area contributed by atoms with Crippen molar-refractivity contribution in [2.45, 2.75) is 20.1 Å². The quantitative estimate of drug-likeness (QED) is 0.822. The van der Waals surface area contributed by atoms with Gasteiger partial charge in [0, 0.05) is 11.8 Å². The van der Waals surface area contributed by atoms with Gasteiger partial charge in [-0.1, -0.05) is 24.3 Å². The van der Waals surface area contributed by atoms with E-state index in [4.69, 9.17) is 0 Å². The van der Waals surface area contributed by atoms with E-state index in [0.29, 0.717) is 12.1 Å². The van der Waals surface area contributed by atoms with E-state index >= 15 is 0 Å². The topological polar surface area (TPSA) is 75.1 Å². The van der Waals surface area contributed by atoms with Crippen molar-refractivity contribution in [3.8, 4) is 0 Å². The second-order valence-corrected chi connectivity index (χ2v) is 4.13. The zero-order valence-corrected chi connectivity index (χ0v) is 10.0. The highest BCUT2D eigenvalue weighted by molar-refractivity contribution is 5.26. The molecule has 2 aromatic rings. The minimum absolute atomic E-state index is 0.0761. The number of hydrogen-bond donors (Lipinski definition) is 2. The summed E-state index contributed by atoms with van der Waals surface area (Å²) in [4.78, 5) is 25.2. The second kappa shape index (κ2) is 5.01. The van der Waals surface area contributed by atoms with Crippen molar-refractivity contribution >= 4 is 0 Å².